The summed E-state index contributed by atoms with van der Waals surface area (Å²) in [6.07, 6.45) is 1.85. The van der Waals surface area contributed by atoms with E-state index in [1.54, 1.807) is 4.57 Å². The van der Waals surface area contributed by atoms with Crippen molar-refractivity contribution in [3.8, 4) is 0 Å². The quantitative estimate of drug-likeness (QED) is 0.660. The number of methoxy groups -OCH3 is 1. The molecule has 0 atom stereocenters. The van der Waals surface area contributed by atoms with E-state index in [9.17, 15) is 4.79 Å². The molecule has 1 aromatic heterocycles. The highest BCUT2D eigenvalue weighted by molar-refractivity contribution is 7.07. The van der Waals surface area contributed by atoms with E-state index in [0.29, 0.717) is 4.80 Å². The van der Waals surface area contributed by atoms with Crippen LogP contribution in [0.1, 0.15) is 0 Å². The molecule has 1 rings (SSSR count). The summed E-state index contributed by atoms with van der Waals surface area (Å²) in [4.78, 5) is 15.5. The first-order valence-corrected chi connectivity index (χ1v) is 4.28. The fourth-order valence-electron chi connectivity index (χ4n) is 0.697. The van der Waals surface area contributed by atoms with Gasteiger partial charge in [-0.25, -0.2) is 0 Å². The number of carbonyl (C=O) groups is 1. The van der Waals surface area contributed by atoms with Crippen LogP contribution in [0.2, 0.25) is 0 Å². The van der Waals surface area contributed by atoms with Gasteiger partial charge in [-0.15, -0.1) is 11.3 Å². The first-order valence-electron chi connectivity index (χ1n) is 3.40. The minimum absolute atomic E-state index is 0.0396. The molecule has 0 aliphatic rings. The molecule has 0 N–H and O–H groups in total. The first kappa shape index (κ1) is 9.15. The van der Waals surface area contributed by atoms with Gasteiger partial charge in [0.25, 0.3) is 5.91 Å². The molecule has 0 fully saturated rings. The van der Waals surface area contributed by atoms with Gasteiger partial charge < -0.3 is 9.30 Å². The van der Waals surface area contributed by atoms with Crippen LogP contribution in [0, 0.1) is 0 Å². The lowest BCUT2D eigenvalue weighted by molar-refractivity contribution is -0.121. The van der Waals surface area contributed by atoms with Crippen molar-refractivity contribution in [2.75, 3.05) is 13.7 Å². The summed E-state index contributed by atoms with van der Waals surface area (Å²) in [6, 6.07) is 0. The number of carbonyl (C=O) groups excluding carboxylic acids is 1. The fourth-order valence-corrected chi connectivity index (χ4v) is 1.44. The molecule has 0 saturated carbocycles. The lowest BCUT2D eigenvalue weighted by Crippen LogP contribution is -2.14. The van der Waals surface area contributed by atoms with E-state index in [0.717, 1.165) is 0 Å². The van der Waals surface area contributed by atoms with Crippen LogP contribution in [0.5, 0.6) is 0 Å². The van der Waals surface area contributed by atoms with Gasteiger partial charge in [-0.2, -0.15) is 4.99 Å². The van der Waals surface area contributed by atoms with Crippen molar-refractivity contribution in [2.45, 2.75) is 0 Å². The summed E-state index contributed by atoms with van der Waals surface area (Å²) in [5.41, 5.74) is 0. The van der Waals surface area contributed by atoms with Gasteiger partial charge >= 0.3 is 0 Å². The molecule has 0 unspecified atom stereocenters. The van der Waals surface area contributed by atoms with Crippen LogP contribution in [-0.2, 0) is 16.6 Å². The molecular weight excluding hydrogens is 176 g/mol. The van der Waals surface area contributed by atoms with E-state index >= 15 is 0 Å². The Bertz CT molecular complexity index is 326. The molecule has 1 aromatic rings. The molecule has 12 heavy (non-hydrogen) atoms. The molecule has 66 valence electrons. The number of hydrogen-bond acceptors (Lipinski definition) is 3. The molecular formula is C7H10N2O2S. The Labute approximate surface area is 74.1 Å². The average Bonchev–Trinajstić information content (AvgIpc) is 2.37. The SMILES string of the molecule is COCC(=O)N=c1sccn1C. The van der Waals surface area contributed by atoms with E-state index in [2.05, 4.69) is 9.73 Å². The van der Waals surface area contributed by atoms with Gasteiger partial charge in [-0.05, 0) is 0 Å². The summed E-state index contributed by atoms with van der Waals surface area (Å²) in [6.45, 7) is 0.0396. The van der Waals surface area contributed by atoms with Crippen molar-refractivity contribution in [2.24, 2.45) is 12.0 Å². The third kappa shape index (κ3) is 2.28. The number of ether oxygens (including phenoxy) is 1. The summed E-state index contributed by atoms with van der Waals surface area (Å²) in [5, 5.41) is 1.87. The normalized spacial score (nSPS) is 12.0. The summed E-state index contributed by atoms with van der Waals surface area (Å²) < 4.78 is 6.43. The van der Waals surface area contributed by atoms with Crippen molar-refractivity contribution in [1.82, 2.24) is 4.57 Å². The number of nitrogens with zero attached hydrogens (tertiary/aromatic N) is 2. The zero-order valence-electron chi connectivity index (χ0n) is 6.98. The third-order valence-electron chi connectivity index (χ3n) is 1.25. The number of hydrogen-bond donors (Lipinski definition) is 0. The smallest absolute Gasteiger partial charge is 0.274 e. The zero-order chi connectivity index (χ0) is 8.97. The lowest BCUT2D eigenvalue weighted by Gasteiger charge is -1.90. The Balaban J connectivity index is 2.83. The molecule has 0 bridgehead atoms. The Morgan fingerprint density at radius 2 is 2.58 bits per heavy atom. The Hall–Kier alpha value is -0.940. The van der Waals surface area contributed by atoms with Crippen molar-refractivity contribution in [3.05, 3.63) is 16.4 Å². The molecule has 0 aliphatic carbocycles. The second-order valence-electron chi connectivity index (χ2n) is 2.24. The van der Waals surface area contributed by atoms with E-state index in [4.69, 9.17) is 0 Å². The van der Waals surface area contributed by atoms with Gasteiger partial charge in [0.1, 0.15) is 6.61 Å². The topological polar surface area (TPSA) is 43.6 Å². The first-order chi connectivity index (χ1) is 5.74. The van der Waals surface area contributed by atoms with Gasteiger partial charge in [0.05, 0.1) is 0 Å². The maximum absolute atomic E-state index is 11.0. The fraction of sp³-hybridized carbons (Fsp3) is 0.429. The molecule has 0 aliphatic heterocycles. The van der Waals surface area contributed by atoms with Crippen LogP contribution in [0.25, 0.3) is 0 Å². The summed E-state index contributed by atoms with van der Waals surface area (Å²) in [7, 11) is 3.32. The van der Waals surface area contributed by atoms with Gasteiger partial charge in [-0.1, -0.05) is 0 Å². The second-order valence-corrected chi connectivity index (χ2v) is 3.11. The van der Waals surface area contributed by atoms with Gasteiger partial charge in [-0.3, -0.25) is 4.79 Å². The number of aryl methyl sites for hydroxylation is 1. The standard InChI is InChI=1S/C7H10N2O2S/c1-9-3-4-12-7(9)8-6(10)5-11-2/h3-4H,5H2,1-2H3. The molecule has 5 heteroatoms. The Morgan fingerprint density at radius 1 is 1.83 bits per heavy atom. The second kappa shape index (κ2) is 4.18. The van der Waals surface area contributed by atoms with Gasteiger partial charge in [0, 0.05) is 25.7 Å². The zero-order valence-corrected chi connectivity index (χ0v) is 7.80. The number of amides is 1. The van der Waals surface area contributed by atoms with Crippen molar-refractivity contribution in [1.29, 1.82) is 0 Å². The molecule has 1 heterocycles. The lowest BCUT2D eigenvalue weighted by atomic mass is 10.7. The molecule has 0 spiro atoms. The van der Waals surface area contributed by atoms with Crippen LogP contribution in [0.4, 0.5) is 0 Å². The molecule has 1 amide bonds. The predicted octanol–water partition coefficient (Wildman–Crippen LogP) is 0.160. The highest BCUT2D eigenvalue weighted by atomic mass is 32.1. The molecule has 0 aromatic carbocycles. The van der Waals surface area contributed by atoms with Crippen LogP contribution >= 0.6 is 11.3 Å². The van der Waals surface area contributed by atoms with E-state index in [1.807, 2.05) is 18.6 Å². The highest BCUT2D eigenvalue weighted by Gasteiger charge is 1.96. The van der Waals surface area contributed by atoms with E-state index in [1.165, 1.54) is 18.4 Å². The van der Waals surface area contributed by atoms with Crippen LogP contribution in [-0.4, -0.2) is 24.2 Å². The minimum Gasteiger partial charge on any atom is -0.375 e. The van der Waals surface area contributed by atoms with Crippen molar-refractivity contribution in [3.63, 3.8) is 0 Å². The number of thiazole rings is 1. The van der Waals surface area contributed by atoms with Crippen molar-refractivity contribution < 1.29 is 9.53 Å². The highest BCUT2D eigenvalue weighted by Crippen LogP contribution is 1.86. The molecule has 0 radical (unpaired) electrons. The monoisotopic (exact) mass is 186 g/mol. The van der Waals surface area contributed by atoms with Crippen LogP contribution < -0.4 is 4.80 Å². The Kier molecular flexibility index (Phi) is 3.19. The Morgan fingerprint density at radius 3 is 3.08 bits per heavy atom. The maximum Gasteiger partial charge on any atom is 0.274 e. The molecule has 4 nitrogen and oxygen atoms in total. The predicted molar refractivity (Wildman–Crippen MR) is 45.7 cm³/mol. The van der Waals surface area contributed by atoms with Crippen LogP contribution in [0.15, 0.2) is 16.6 Å². The average molecular weight is 186 g/mol. The number of aromatic nitrogens is 1. The van der Waals surface area contributed by atoms with Crippen molar-refractivity contribution >= 4 is 17.2 Å². The molecule has 0 saturated heterocycles. The van der Waals surface area contributed by atoms with Crippen LogP contribution in [0.3, 0.4) is 0 Å². The third-order valence-corrected chi connectivity index (χ3v) is 2.10. The minimum atomic E-state index is -0.254. The summed E-state index contributed by atoms with van der Waals surface area (Å²) >= 11 is 1.42. The summed E-state index contributed by atoms with van der Waals surface area (Å²) in [5.74, 6) is -0.254. The number of rotatable bonds is 2. The largest absolute Gasteiger partial charge is 0.375 e. The van der Waals surface area contributed by atoms with E-state index in [-0.39, 0.29) is 12.5 Å². The van der Waals surface area contributed by atoms with E-state index < -0.39 is 0 Å². The van der Waals surface area contributed by atoms with Gasteiger partial charge in [0.15, 0.2) is 4.80 Å². The van der Waals surface area contributed by atoms with Gasteiger partial charge in [0.2, 0.25) is 0 Å². The maximum atomic E-state index is 11.0.